The Kier molecular flexibility index (Phi) is 7.27. The number of carbonyl (C=O) groups is 5. The van der Waals surface area contributed by atoms with Gasteiger partial charge in [0.25, 0.3) is 17.7 Å². The number of aliphatic carboxylic acids is 2. The van der Waals surface area contributed by atoms with E-state index in [1.165, 1.54) is 5.38 Å². The molecule has 3 aliphatic rings. The number of hydrogen-bond acceptors (Lipinski definition) is 15. The number of ether oxygens (including phenoxy) is 1. The van der Waals surface area contributed by atoms with Gasteiger partial charge in [0.05, 0.1) is 31.0 Å². The number of cyclic esters (lactones) is 1. The van der Waals surface area contributed by atoms with Crippen LogP contribution in [0.4, 0.5) is 13.9 Å². The molecule has 2 saturated heterocycles. The van der Waals surface area contributed by atoms with Crippen molar-refractivity contribution in [2.24, 2.45) is 5.16 Å². The molecule has 0 spiro atoms. The number of nitrogen functional groups attached to an aromatic ring is 1. The molecule has 0 bridgehead atoms. The summed E-state index contributed by atoms with van der Waals surface area (Å²) in [6.45, 7) is -0.727. The minimum atomic E-state index is -3.36. The second-order valence-corrected chi connectivity index (χ2v) is 11.8. The Hall–Kier alpha value is -5.84. The average molecular weight is 698 g/mol. The van der Waals surface area contributed by atoms with E-state index < -0.39 is 108 Å². The van der Waals surface area contributed by atoms with Crippen molar-refractivity contribution in [2.45, 2.75) is 48.6 Å². The van der Waals surface area contributed by atoms with E-state index in [4.69, 9.17) is 20.1 Å². The highest BCUT2D eigenvalue weighted by atomic mass is 32.1. The fourth-order valence-electron chi connectivity index (χ4n) is 5.34. The molecule has 2 aliphatic heterocycles. The fourth-order valence-corrected chi connectivity index (χ4v) is 5.89. The number of esters is 1. The van der Waals surface area contributed by atoms with Gasteiger partial charge in [0.15, 0.2) is 22.3 Å². The van der Waals surface area contributed by atoms with Crippen molar-refractivity contribution < 1.29 is 67.6 Å². The molecule has 3 atom stereocenters. The van der Waals surface area contributed by atoms with Crippen molar-refractivity contribution in [1.29, 1.82) is 0 Å². The number of imidazole rings is 1. The third kappa shape index (κ3) is 5.07. The number of anilines is 1. The van der Waals surface area contributed by atoms with Crippen LogP contribution in [-0.2, 0) is 38.4 Å². The monoisotopic (exact) mass is 697 g/mol. The van der Waals surface area contributed by atoms with Crippen molar-refractivity contribution in [2.75, 3.05) is 12.3 Å². The average Bonchev–Trinajstić information content (AvgIpc) is 3.74. The molecule has 2 unspecified atom stereocenters. The molecule has 0 radical (unpaired) electrons. The first-order valence-corrected chi connectivity index (χ1v) is 14.3. The van der Waals surface area contributed by atoms with E-state index in [2.05, 4.69) is 15.5 Å². The molecule has 3 aromatic heterocycles. The van der Waals surface area contributed by atoms with Gasteiger partial charge in [-0.25, -0.2) is 32.9 Å². The van der Waals surface area contributed by atoms with Crippen LogP contribution in [0.2, 0.25) is 0 Å². The van der Waals surface area contributed by atoms with Gasteiger partial charge in [0.2, 0.25) is 5.60 Å². The van der Waals surface area contributed by atoms with Crippen LogP contribution in [-0.4, -0.2) is 105 Å². The summed E-state index contributed by atoms with van der Waals surface area (Å²) in [5.41, 5.74) is -1.69. The smallest absolute Gasteiger partial charge is 0.372 e. The van der Waals surface area contributed by atoms with E-state index >= 15 is 0 Å². The highest BCUT2D eigenvalue weighted by molar-refractivity contribution is 7.13. The second kappa shape index (κ2) is 10.9. The van der Waals surface area contributed by atoms with Gasteiger partial charge >= 0.3 is 29.3 Å². The molecule has 3 fully saturated rings. The van der Waals surface area contributed by atoms with Gasteiger partial charge < -0.3 is 41.1 Å². The van der Waals surface area contributed by atoms with Crippen LogP contribution in [0.3, 0.4) is 0 Å². The molecule has 7 N–H and O–H groups in total. The molecular formula is C25H21F2N7O13S. The number of aromatic nitrogens is 3. The van der Waals surface area contributed by atoms with E-state index in [-0.39, 0.29) is 21.4 Å². The largest absolute Gasteiger partial charge is 0.504 e. The Morgan fingerprint density at radius 1 is 1.12 bits per heavy atom. The van der Waals surface area contributed by atoms with Crippen LogP contribution < -0.4 is 16.7 Å². The van der Waals surface area contributed by atoms with Crippen molar-refractivity contribution in [3.8, 4) is 11.5 Å². The third-order valence-electron chi connectivity index (χ3n) is 7.73. The van der Waals surface area contributed by atoms with Gasteiger partial charge in [-0.05, 0) is 0 Å². The van der Waals surface area contributed by atoms with Gasteiger partial charge in [-0.3, -0.25) is 23.4 Å². The number of alkyl halides is 2. The van der Waals surface area contributed by atoms with Gasteiger partial charge in [0, 0.05) is 17.6 Å². The molecule has 1 saturated carbocycles. The van der Waals surface area contributed by atoms with E-state index in [0.29, 0.717) is 0 Å². The standard InChI is InChI=1S/C25H21F2N7O13S/c26-24(27)7-23(8-24,19(40)41)47-31-15(11-6-48-21(28)30-11)16(37)29-10-5-45-34(17(10)38)25(20(42)43)2-12(18(39)46-25)33-3-9-1-13(35)14(36)4-32(9)22(33)44/h1,3-4,6,10,12,35-36H,2,5,7-8H2,(H2,28,30)(H,29,37)(H,40,41)(H,42,43)/b31-15-/t10-,12?,25?/m0/s1. The number of hydrogen-bond donors (Lipinski definition) is 6. The van der Waals surface area contributed by atoms with Crippen LogP contribution in [0, 0.1) is 0 Å². The number of rotatable bonds is 9. The second-order valence-electron chi connectivity index (χ2n) is 11.0. The quantitative estimate of drug-likeness (QED) is 0.0865. The topological polar surface area (TPSA) is 287 Å². The summed E-state index contributed by atoms with van der Waals surface area (Å²) in [6, 6.07) is -2.32. The Bertz CT molecular complexity index is 2000. The number of nitrogens with two attached hydrogens (primary N) is 1. The third-order valence-corrected chi connectivity index (χ3v) is 8.40. The predicted octanol–water partition coefficient (Wildman–Crippen LogP) is -1.25. The number of halogens is 2. The maximum Gasteiger partial charge on any atom is 0.372 e. The fraction of sp³-hybridized carbons (Fsp3) is 0.360. The summed E-state index contributed by atoms with van der Waals surface area (Å²) < 4.78 is 33.8. The van der Waals surface area contributed by atoms with Gasteiger partial charge in [-0.1, -0.05) is 5.16 Å². The molecule has 1 aliphatic carbocycles. The minimum Gasteiger partial charge on any atom is -0.504 e. The molecule has 254 valence electrons. The number of aromatic hydroxyl groups is 2. The first kappa shape index (κ1) is 32.1. The molecule has 3 aromatic rings. The molecule has 48 heavy (non-hydrogen) atoms. The number of hydroxylamine groups is 2. The zero-order valence-corrected chi connectivity index (χ0v) is 24.5. The number of nitrogens with zero attached hydrogens (tertiary/aromatic N) is 5. The molecule has 6 rings (SSSR count). The van der Waals surface area contributed by atoms with Gasteiger partial charge in [-0.2, -0.15) is 5.06 Å². The van der Waals surface area contributed by atoms with E-state index in [0.717, 1.165) is 38.8 Å². The van der Waals surface area contributed by atoms with Crippen LogP contribution in [0.5, 0.6) is 11.5 Å². The first-order valence-electron chi connectivity index (χ1n) is 13.4. The zero-order chi connectivity index (χ0) is 34.9. The molecule has 5 heterocycles. The lowest BCUT2D eigenvalue weighted by Crippen LogP contribution is -2.58. The zero-order valence-electron chi connectivity index (χ0n) is 23.7. The number of nitrogens with one attached hydrogen (secondary N) is 1. The van der Waals surface area contributed by atoms with Crippen LogP contribution in [0.1, 0.15) is 31.0 Å². The minimum absolute atomic E-state index is 0.0100. The first-order chi connectivity index (χ1) is 22.5. The Labute approximate surface area is 267 Å². The molecular weight excluding hydrogens is 676 g/mol. The van der Waals surface area contributed by atoms with E-state index in [1.807, 2.05) is 0 Å². The summed E-state index contributed by atoms with van der Waals surface area (Å²) in [5.74, 6) is -12.1. The molecule has 20 nitrogen and oxygen atoms in total. The van der Waals surface area contributed by atoms with Crippen LogP contribution >= 0.6 is 11.3 Å². The van der Waals surface area contributed by atoms with E-state index in [1.54, 1.807) is 0 Å². The number of amides is 2. The van der Waals surface area contributed by atoms with Crippen molar-refractivity contribution in [3.63, 3.8) is 0 Å². The number of oxime groups is 1. The Morgan fingerprint density at radius 3 is 2.44 bits per heavy atom. The maximum absolute atomic E-state index is 13.5. The molecule has 0 aromatic carbocycles. The van der Waals surface area contributed by atoms with Crippen molar-refractivity contribution in [1.82, 2.24) is 24.3 Å². The highest BCUT2D eigenvalue weighted by Gasteiger charge is 2.65. The van der Waals surface area contributed by atoms with Crippen molar-refractivity contribution >= 4 is 57.4 Å². The van der Waals surface area contributed by atoms with Crippen LogP contribution in [0.25, 0.3) is 5.52 Å². The number of pyridine rings is 1. The number of thiazole rings is 1. The summed E-state index contributed by atoms with van der Waals surface area (Å²) in [6.07, 6.45) is -1.42. The summed E-state index contributed by atoms with van der Waals surface area (Å²) in [4.78, 5) is 90.8. The SMILES string of the molecule is Nc1nc(/C(=N/OC2(C(=O)O)CC(F)(F)C2)C(=O)N[C@H]2CON(C3(C(=O)O)CC(n4cc5cc(O)c(O)cn5c4=O)C(=O)O3)C2=O)cs1. The van der Waals surface area contributed by atoms with E-state index in [9.17, 15) is 58.0 Å². The van der Waals surface area contributed by atoms with Gasteiger partial charge in [0.1, 0.15) is 24.4 Å². The lowest BCUT2D eigenvalue weighted by Gasteiger charge is -2.41. The maximum atomic E-state index is 13.5. The predicted molar refractivity (Wildman–Crippen MR) is 149 cm³/mol. The Morgan fingerprint density at radius 2 is 1.83 bits per heavy atom. The van der Waals surface area contributed by atoms with Gasteiger partial charge in [-0.15, -0.1) is 11.3 Å². The normalized spacial score (nSPS) is 24.7. The number of fused-ring (bicyclic) bond motifs is 1. The van der Waals surface area contributed by atoms with Crippen LogP contribution in [0.15, 0.2) is 33.8 Å². The molecule has 2 amide bonds. The summed E-state index contributed by atoms with van der Waals surface area (Å²) >= 11 is 0.824. The lowest BCUT2D eigenvalue weighted by molar-refractivity contribution is -0.256. The summed E-state index contributed by atoms with van der Waals surface area (Å²) in [5, 5.41) is 46.0. The lowest BCUT2D eigenvalue weighted by atomic mass is 9.76. The number of carboxylic acid groups (broad SMARTS) is 2. The molecule has 23 heteroatoms. The summed E-state index contributed by atoms with van der Waals surface area (Å²) in [7, 11) is 0. The Balaban J connectivity index is 1.24. The highest BCUT2D eigenvalue weighted by Crippen LogP contribution is 2.48. The number of carboxylic acids is 2. The number of carbonyl (C=O) groups excluding carboxylic acids is 3. The van der Waals surface area contributed by atoms with Crippen molar-refractivity contribution in [3.05, 3.63) is 40.0 Å².